The Kier molecular flexibility index (Phi) is 2.81. The highest BCUT2D eigenvalue weighted by atomic mass is 19.1. The molecular formula is C10H15FN4. The van der Waals surface area contributed by atoms with Crippen LogP contribution in [0.3, 0.4) is 0 Å². The second kappa shape index (κ2) is 4.10. The second-order valence-electron chi connectivity index (χ2n) is 4.01. The summed E-state index contributed by atoms with van der Waals surface area (Å²) in [7, 11) is 0. The maximum atomic E-state index is 13.3. The Bertz CT molecular complexity index is 317. The van der Waals surface area contributed by atoms with Gasteiger partial charge in [-0.2, -0.15) is 0 Å². The summed E-state index contributed by atoms with van der Waals surface area (Å²) in [5.41, 5.74) is 6.61. The lowest BCUT2D eigenvalue weighted by Crippen LogP contribution is -2.48. The van der Waals surface area contributed by atoms with Crippen molar-refractivity contribution in [3.63, 3.8) is 0 Å². The van der Waals surface area contributed by atoms with Gasteiger partial charge in [0.25, 0.3) is 0 Å². The second-order valence-corrected chi connectivity index (χ2v) is 4.01. The summed E-state index contributed by atoms with van der Waals surface area (Å²) in [6.45, 7) is 2.89. The highest BCUT2D eigenvalue weighted by Gasteiger charge is 2.25. The van der Waals surface area contributed by atoms with Gasteiger partial charge < -0.3 is 10.6 Å². The normalized spacial score (nSPS) is 26.7. The molecule has 2 atom stereocenters. The number of rotatable bonds is 1. The standard InChI is InChI=1S/C10H15FN4/c1-7-3-14-10(4-13-7)15-5-8(11)2-9(12)6-15/h3-4,8-9H,2,5-6,12H2,1H3. The smallest absolute Gasteiger partial charge is 0.147 e. The van der Waals surface area contributed by atoms with Gasteiger partial charge >= 0.3 is 0 Å². The van der Waals surface area contributed by atoms with Crippen molar-refractivity contribution in [2.45, 2.75) is 25.6 Å². The maximum absolute atomic E-state index is 13.3. The van der Waals surface area contributed by atoms with Crippen molar-refractivity contribution in [3.05, 3.63) is 18.1 Å². The highest BCUT2D eigenvalue weighted by molar-refractivity contribution is 5.37. The Hall–Kier alpha value is -1.23. The number of piperidine rings is 1. The summed E-state index contributed by atoms with van der Waals surface area (Å²) < 4.78 is 13.3. The Morgan fingerprint density at radius 2 is 2.20 bits per heavy atom. The minimum Gasteiger partial charge on any atom is -0.351 e. The molecule has 0 aliphatic carbocycles. The first-order chi connectivity index (χ1) is 7.15. The van der Waals surface area contributed by atoms with Crippen molar-refractivity contribution in [1.82, 2.24) is 9.97 Å². The minimum absolute atomic E-state index is 0.114. The van der Waals surface area contributed by atoms with E-state index in [9.17, 15) is 4.39 Å². The quantitative estimate of drug-likeness (QED) is 0.740. The van der Waals surface area contributed by atoms with Crippen LogP contribution < -0.4 is 10.6 Å². The Balaban J connectivity index is 2.12. The Morgan fingerprint density at radius 1 is 1.40 bits per heavy atom. The fourth-order valence-corrected chi connectivity index (χ4v) is 1.81. The van der Waals surface area contributed by atoms with Crippen LogP contribution in [0.1, 0.15) is 12.1 Å². The summed E-state index contributed by atoms with van der Waals surface area (Å²) in [4.78, 5) is 10.2. The van der Waals surface area contributed by atoms with Gasteiger partial charge in [0, 0.05) is 12.6 Å². The van der Waals surface area contributed by atoms with Gasteiger partial charge in [0.2, 0.25) is 0 Å². The molecule has 2 heterocycles. The number of halogens is 1. The van der Waals surface area contributed by atoms with Crippen molar-refractivity contribution in [3.8, 4) is 0 Å². The molecular weight excluding hydrogens is 195 g/mol. The average Bonchev–Trinajstić information content (AvgIpc) is 2.17. The van der Waals surface area contributed by atoms with E-state index in [1.54, 1.807) is 12.4 Å². The number of hydrogen-bond donors (Lipinski definition) is 1. The van der Waals surface area contributed by atoms with Crippen LogP contribution in [-0.2, 0) is 0 Å². The Labute approximate surface area is 88.3 Å². The van der Waals surface area contributed by atoms with E-state index in [1.807, 2.05) is 11.8 Å². The van der Waals surface area contributed by atoms with E-state index < -0.39 is 6.17 Å². The monoisotopic (exact) mass is 210 g/mol. The zero-order chi connectivity index (χ0) is 10.8. The molecule has 1 aliphatic rings. The number of aryl methyl sites for hydroxylation is 1. The lowest BCUT2D eigenvalue weighted by Gasteiger charge is -2.33. The molecule has 4 nitrogen and oxygen atoms in total. The predicted octanol–water partition coefficient (Wildman–Crippen LogP) is 0.661. The number of alkyl halides is 1. The van der Waals surface area contributed by atoms with E-state index in [1.165, 1.54) is 0 Å². The molecule has 2 N–H and O–H groups in total. The topological polar surface area (TPSA) is 55.0 Å². The van der Waals surface area contributed by atoms with Crippen LogP contribution in [0, 0.1) is 6.92 Å². The largest absolute Gasteiger partial charge is 0.351 e. The van der Waals surface area contributed by atoms with Crippen LogP contribution in [0.25, 0.3) is 0 Å². The van der Waals surface area contributed by atoms with Crippen molar-refractivity contribution in [2.75, 3.05) is 18.0 Å². The van der Waals surface area contributed by atoms with Crippen LogP contribution in [0.2, 0.25) is 0 Å². The molecule has 82 valence electrons. The number of anilines is 1. The van der Waals surface area contributed by atoms with Gasteiger partial charge in [0.15, 0.2) is 0 Å². The predicted molar refractivity (Wildman–Crippen MR) is 56.5 cm³/mol. The zero-order valence-corrected chi connectivity index (χ0v) is 8.73. The van der Waals surface area contributed by atoms with E-state index in [0.29, 0.717) is 25.3 Å². The van der Waals surface area contributed by atoms with Crippen molar-refractivity contribution in [2.24, 2.45) is 5.73 Å². The van der Waals surface area contributed by atoms with E-state index in [0.717, 1.165) is 5.69 Å². The third-order valence-corrected chi connectivity index (χ3v) is 2.52. The van der Waals surface area contributed by atoms with Crippen LogP contribution >= 0.6 is 0 Å². The van der Waals surface area contributed by atoms with E-state index >= 15 is 0 Å². The Morgan fingerprint density at radius 3 is 2.80 bits per heavy atom. The molecule has 0 bridgehead atoms. The van der Waals surface area contributed by atoms with Gasteiger partial charge in [-0.15, -0.1) is 0 Å². The SMILES string of the molecule is Cc1cnc(N2CC(N)CC(F)C2)cn1. The third kappa shape index (κ3) is 2.41. The number of aromatic nitrogens is 2. The van der Waals surface area contributed by atoms with E-state index in [2.05, 4.69) is 9.97 Å². The zero-order valence-electron chi connectivity index (χ0n) is 8.73. The first kappa shape index (κ1) is 10.3. The molecule has 0 spiro atoms. The van der Waals surface area contributed by atoms with Gasteiger partial charge in [-0.3, -0.25) is 4.98 Å². The van der Waals surface area contributed by atoms with Gasteiger partial charge in [-0.1, -0.05) is 0 Å². The molecule has 1 saturated heterocycles. The molecule has 1 aliphatic heterocycles. The summed E-state index contributed by atoms with van der Waals surface area (Å²) >= 11 is 0. The van der Waals surface area contributed by atoms with Crippen LogP contribution in [0.15, 0.2) is 12.4 Å². The molecule has 0 saturated carbocycles. The van der Waals surface area contributed by atoms with Crippen LogP contribution in [-0.4, -0.2) is 35.3 Å². The van der Waals surface area contributed by atoms with Gasteiger partial charge in [-0.25, -0.2) is 9.37 Å². The molecule has 0 amide bonds. The summed E-state index contributed by atoms with van der Waals surface area (Å²) in [5.74, 6) is 0.707. The minimum atomic E-state index is -0.864. The fourth-order valence-electron chi connectivity index (χ4n) is 1.81. The lowest BCUT2D eigenvalue weighted by molar-refractivity contribution is 0.268. The summed E-state index contributed by atoms with van der Waals surface area (Å²) in [6.07, 6.45) is 2.93. The number of nitrogens with zero attached hydrogens (tertiary/aromatic N) is 3. The summed E-state index contributed by atoms with van der Waals surface area (Å²) in [6, 6.07) is -0.114. The fraction of sp³-hybridized carbons (Fsp3) is 0.600. The molecule has 1 aromatic rings. The summed E-state index contributed by atoms with van der Waals surface area (Å²) in [5, 5.41) is 0. The molecule has 1 aromatic heterocycles. The molecule has 1 fully saturated rings. The molecule has 15 heavy (non-hydrogen) atoms. The third-order valence-electron chi connectivity index (χ3n) is 2.52. The first-order valence-corrected chi connectivity index (χ1v) is 5.08. The van der Waals surface area contributed by atoms with Gasteiger partial charge in [0.05, 0.1) is 24.6 Å². The first-order valence-electron chi connectivity index (χ1n) is 5.08. The van der Waals surface area contributed by atoms with Crippen molar-refractivity contribution in [1.29, 1.82) is 0 Å². The maximum Gasteiger partial charge on any atom is 0.147 e. The van der Waals surface area contributed by atoms with E-state index in [4.69, 9.17) is 5.73 Å². The average molecular weight is 210 g/mol. The van der Waals surface area contributed by atoms with Gasteiger partial charge in [0.1, 0.15) is 12.0 Å². The number of nitrogens with two attached hydrogens (primary N) is 1. The lowest BCUT2D eigenvalue weighted by atomic mass is 10.1. The van der Waals surface area contributed by atoms with Gasteiger partial charge in [-0.05, 0) is 13.3 Å². The van der Waals surface area contributed by atoms with Crippen LogP contribution in [0.5, 0.6) is 0 Å². The van der Waals surface area contributed by atoms with E-state index in [-0.39, 0.29) is 6.04 Å². The number of hydrogen-bond acceptors (Lipinski definition) is 4. The van der Waals surface area contributed by atoms with Crippen LogP contribution in [0.4, 0.5) is 10.2 Å². The molecule has 2 rings (SSSR count). The highest BCUT2D eigenvalue weighted by Crippen LogP contribution is 2.18. The molecule has 2 unspecified atom stereocenters. The van der Waals surface area contributed by atoms with Crippen molar-refractivity contribution >= 4 is 5.82 Å². The van der Waals surface area contributed by atoms with Crippen molar-refractivity contribution < 1.29 is 4.39 Å². The molecule has 5 heteroatoms. The molecule has 0 radical (unpaired) electrons. The molecule has 0 aromatic carbocycles.